The van der Waals surface area contributed by atoms with Gasteiger partial charge < -0.3 is 9.64 Å². The topological polar surface area (TPSA) is 60.2 Å². The van der Waals surface area contributed by atoms with Gasteiger partial charge in [0.25, 0.3) is 0 Å². The first-order valence-electron chi connectivity index (χ1n) is 11.8. The number of ether oxygens (including phenoxy) is 1. The molecule has 34 heavy (non-hydrogen) atoms. The van der Waals surface area contributed by atoms with Gasteiger partial charge in [-0.25, -0.2) is 0 Å². The molecule has 1 saturated heterocycles. The fourth-order valence-corrected chi connectivity index (χ4v) is 5.39. The number of para-hydroxylation sites is 1. The number of likely N-dealkylation sites (tertiary alicyclic amines) is 1. The fourth-order valence-electron chi connectivity index (χ4n) is 4.52. The smallest absolute Gasteiger partial charge is 0.233 e. The number of nitrogens with zero attached hydrogens (tertiary/aromatic N) is 4. The van der Waals surface area contributed by atoms with E-state index in [1.54, 1.807) is 0 Å². The molecule has 6 nitrogen and oxygen atoms in total. The van der Waals surface area contributed by atoms with Crippen LogP contribution in [0.25, 0.3) is 11.1 Å². The van der Waals surface area contributed by atoms with Crippen molar-refractivity contribution in [2.24, 2.45) is 11.8 Å². The van der Waals surface area contributed by atoms with Crippen LogP contribution in [0.2, 0.25) is 0 Å². The number of benzene rings is 2. The summed E-state index contributed by atoms with van der Waals surface area (Å²) in [4.78, 5) is 14.8. The van der Waals surface area contributed by atoms with Gasteiger partial charge in [-0.1, -0.05) is 80.2 Å². The molecule has 1 aromatic heterocycles. The highest BCUT2D eigenvalue weighted by molar-refractivity contribution is 7.99. The lowest BCUT2D eigenvalue weighted by Crippen LogP contribution is -2.43. The average molecular weight is 477 g/mol. The Bertz CT molecular complexity index is 1100. The quantitative estimate of drug-likeness (QED) is 0.310. The molecule has 7 heteroatoms. The number of aromatic nitrogens is 3. The SMILES string of the molecule is C=CCn1c(COc2ccccc2-c2ccccc2)nnc1SCC(=O)N1C[C@H](C)C[C@H](C)C1. The summed E-state index contributed by atoms with van der Waals surface area (Å²) in [5, 5.41) is 9.42. The van der Waals surface area contributed by atoms with E-state index in [9.17, 15) is 4.79 Å². The van der Waals surface area contributed by atoms with Gasteiger partial charge in [0, 0.05) is 25.2 Å². The first-order chi connectivity index (χ1) is 16.5. The Morgan fingerprint density at radius 1 is 1.09 bits per heavy atom. The summed E-state index contributed by atoms with van der Waals surface area (Å²) < 4.78 is 8.15. The lowest BCUT2D eigenvalue weighted by molar-refractivity contribution is -0.130. The number of amides is 1. The third-order valence-corrected chi connectivity index (χ3v) is 6.93. The zero-order valence-corrected chi connectivity index (χ0v) is 20.7. The second-order valence-corrected chi connectivity index (χ2v) is 9.92. The van der Waals surface area contributed by atoms with Gasteiger partial charge in [0.2, 0.25) is 5.91 Å². The molecule has 4 rings (SSSR count). The van der Waals surface area contributed by atoms with Crippen LogP contribution >= 0.6 is 11.8 Å². The Morgan fingerprint density at radius 2 is 1.79 bits per heavy atom. The lowest BCUT2D eigenvalue weighted by Gasteiger charge is -2.34. The molecule has 178 valence electrons. The number of rotatable bonds is 9. The van der Waals surface area contributed by atoms with E-state index < -0.39 is 0 Å². The minimum Gasteiger partial charge on any atom is -0.485 e. The van der Waals surface area contributed by atoms with Crippen molar-refractivity contribution in [3.05, 3.63) is 73.1 Å². The van der Waals surface area contributed by atoms with Crippen molar-refractivity contribution in [1.82, 2.24) is 19.7 Å². The Labute approximate surface area is 206 Å². The van der Waals surface area contributed by atoms with E-state index in [-0.39, 0.29) is 12.5 Å². The van der Waals surface area contributed by atoms with Crippen LogP contribution in [0.4, 0.5) is 0 Å². The number of carbonyl (C=O) groups is 1. The number of allylic oxidation sites excluding steroid dienone is 1. The number of carbonyl (C=O) groups excluding carboxylic acids is 1. The molecule has 2 aromatic carbocycles. The molecule has 1 amide bonds. The van der Waals surface area contributed by atoms with Crippen molar-refractivity contribution in [2.45, 2.75) is 38.6 Å². The van der Waals surface area contributed by atoms with Crippen LogP contribution in [0.3, 0.4) is 0 Å². The minimum atomic E-state index is 0.158. The molecule has 0 unspecified atom stereocenters. The second-order valence-electron chi connectivity index (χ2n) is 8.98. The molecule has 2 atom stereocenters. The molecule has 2 heterocycles. The highest BCUT2D eigenvalue weighted by Gasteiger charge is 2.26. The van der Waals surface area contributed by atoms with Crippen LogP contribution in [0, 0.1) is 11.8 Å². The minimum absolute atomic E-state index is 0.158. The summed E-state index contributed by atoms with van der Waals surface area (Å²) in [5.74, 6) is 3.10. The molecule has 0 bridgehead atoms. The molecule has 1 aliphatic rings. The number of piperidine rings is 1. The molecular weight excluding hydrogens is 444 g/mol. The predicted octanol–water partition coefficient (Wildman–Crippen LogP) is 5.31. The third-order valence-electron chi connectivity index (χ3n) is 5.98. The van der Waals surface area contributed by atoms with Gasteiger partial charge in [0.15, 0.2) is 11.0 Å². The molecule has 0 saturated carbocycles. The van der Waals surface area contributed by atoms with Crippen LogP contribution in [0.15, 0.2) is 72.4 Å². The third kappa shape index (κ3) is 5.89. The van der Waals surface area contributed by atoms with E-state index in [0.29, 0.717) is 35.1 Å². The molecule has 3 aromatic rings. The van der Waals surface area contributed by atoms with Crippen LogP contribution in [-0.4, -0.2) is 44.4 Å². The first-order valence-corrected chi connectivity index (χ1v) is 12.7. The van der Waals surface area contributed by atoms with Gasteiger partial charge in [-0.3, -0.25) is 9.36 Å². The van der Waals surface area contributed by atoms with Gasteiger partial charge >= 0.3 is 0 Å². The number of hydrogen-bond donors (Lipinski definition) is 0. The van der Waals surface area contributed by atoms with Crippen LogP contribution in [0.5, 0.6) is 5.75 Å². The highest BCUT2D eigenvalue weighted by Crippen LogP contribution is 2.30. The van der Waals surface area contributed by atoms with Gasteiger partial charge in [0.05, 0.1) is 5.75 Å². The van der Waals surface area contributed by atoms with Crippen molar-refractivity contribution in [3.63, 3.8) is 0 Å². The normalized spacial score (nSPS) is 18.0. The van der Waals surface area contributed by atoms with Crippen molar-refractivity contribution >= 4 is 17.7 Å². The molecule has 1 fully saturated rings. The van der Waals surface area contributed by atoms with E-state index in [4.69, 9.17) is 4.74 Å². The molecule has 0 radical (unpaired) electrons. The Hall–Kier alpha value is -3.06. The van der Waals surface area contributed by atoms with E-state index in [1.165, 1.54) is 18.2 Å². The van der Waals surface area contributed by atoms with E-state index in [1.807, 2.05) is 58.0 Å². The van der Waals surface area contributed by atoms with E-state index >= 15 is 0 Å². The van der Waals surface area contributed by atoms with E-state index in [0.717, 1.165) is 30.0 Å². The maximum atomic E-state index is 12.8. The van der Waals surface area contributed by atoms with Crippen molar-refractivity contribution < 1.29 is 9.53 Å². The molecular formula is C27H32N4O2S. The molecule has 0 N–H and O–H groups in total. The largest absolute Gasteiger partial charge is 0.485 e. The number of thioether (sulfide) groups is 1. The average Bonchev–Trinajstić information content (AvgIpc) is 3.23. The summed E-state index contributed by atoms with van der Waals surface area (Å²) in [7, 11) is 0. The van der Waals surface area contributed by atoms with Crippen molar-refractivity contribution in [3.8, 4) is 16.9 Å². The van der Waals surface area contributed by atoms with Crippen LogP contribution < -0.4 is 4.74 Å². The molecule has 0 spiro atoms. The Kier molecular flexibility index (Phi) is 8.06. The van der Waals surface area contributed by atoms with Crippen molar-refractivity contribution in [2.75, 3.05) is 18.8 Å². The number of hydrogen-bond acceptors (Lipinski definition) is 5. The molecule has 0 aliphatic carbocycles. The van der Waals surface area contributed by atoms with Gasteiger partial charge in [-0.2, -0.15) is 0 Å². The summed E-state index contributed by atoms with van der Waals surface area (Å²) in [5.41, 5.74) is 2.13. The highest BCUT2D eigenvalue weighted by atomic mass is 32.2. The van der Waals surface area contributed by atoms with Gasteiger partial charge in [-0.05, 0) is 29.9 Å². The summed E-state index contributed by atoms with van der Waals surface area (Å²) in [6.45, 7) is 10.8. The lowest BCUT2D eigenvalue weighted by atomic mass is 9.92. The van der Waals surface area contributed by atoms with Crippen LogP contribution in [0.1, 0.15) is 26.1 Å². The Morgan fingerprint density at radius 3 is 2.53 bits per heavy atom. The monoisotopic (exact) mass is 476 g/mol. The van der Waals surface area contributed by atoms with E-state index in [2.05, 4.69) is 42.8 Å². The zero-order valence-electron chi connectivity index (χ0n) is 19.9. The van der Waals surface area contributed by atoms with Crippen LogP contribution in [-0.2, 0) is 17.9 Å². The van der Waals surface area contributed by atoms with Crippen molar-refractivity contribution in [1.29, 1.82) is 0 Å². The maximum absolute atomic E-state index is 12.8. The first kappa shape index (κ1) is 24.1. The van der Waals surface area contributed by atoms with Gasteiger partial charge in [0.1, 0.15) is 12.4 Å². The standard InChI is InChI=1S/C27H32N4O2S/c1-4-14-31-25(18-33-24-13-9-8-12-23(24)22-10-6-5-7-11-22)28-29-27(31)34-19-26(32)30-16-20(2)15-21(3)17-30/h4-13,20-21H,1,14-19H2,2-3H3/t20-,21+. The van der Waals surface area contributed by atoms with Gasteiger partial charge in [-0.15, -0.1) is 16.8 Å². The summed E-state index contributed by atoms with van der Waals surface area (Å²) in [6, 6.07) is 18.2. The summed E-state index contributed by atoms with van der Waals surface area (Å²) >= 11 is 1.43. The second kappa shape index (κ2) is 11.4. The Balaban J connectivity index is 1.43. The summed E-state index contributed by atoms with van der Waals surface area (Å²) in [6.07, 6.45) is 2.99. The maximum Gasteiger partial charge on any atom is 0.233 e. The fraction of sp³-hybridized carbons (Fsp3) is 0.370. The molecule has 1 aliphatic heterocycles. The zero-order chi connectivity index (χ0) is 23.9. The predicted molar refractivity (Wildman–Crippen MR) is 137 cm³/mol.